The summed E-state index contributed by atoms with van der Waals surface area (Å²) < 4.78 is 6.62. The van der Waals surface area contributed by atoms with Gasteiger partial charge in [0.1, 0.15) is 5.69 Å². The molecule has 2 N–H and O–H groups in total. The van der Waals surface area contributed by atoms with Crippen LogP contribution in [0.4, 0.5) is 0 Å². The molecule has 12 heavy (non-hydrogen) atoms. The van der Waals surface area contributed by atoms with E-state index in [2.05, 4.69) is 10.3 Å². The van der Waals surface area contributed by atoms with Gasteiger partial charge < -0.3 is 10.5 Å². The van der Waals surface area contributed by atoms with Crippen molar-refractivity contribution in [3.05, 3.63) is 11.9 Å². The molecule has 1 rings (SSSR count). The van der Waals surface area contributed by atoms with Gasteiger partial charge in [-0.3, -0.25) is 4.68 Å². The van der Waals surface area contributed by atoms with E-state index in [1.165, 1.54) is 0 Å². The van der Waals surface area contributed by atoms with Gasteiger partial charge in [-0.2, -0.15) is 0 Å². The number of nitrogens with zero attached hydrogens (tertiary/aromatic N) is 3. The molecular formula is C7H14N4O. The zero-order valence-electron chi connectivity index (χ0n) is 7.40. The second-order valence-electron chi connectivity index (χ2n) is 2.84. The van der Waals surface area contributed by atoms with E-state index in [1.807, 2.05) is 13.1 Å². The van der Waals surface area contributed by atoms with Crippen LogP contribution in [0.25, 0.3) is 0 Å². The smallest absolute Gasteiger partial charge is 0.108 e. The average Bonchev–Trinajstić information content (AvgIpc) is 2.36. The van der Waals surface area contributed by atoms with Gasteiger partial charge in [-0.05, 0) is 6.92 Å². The van der Waals surface area contributed by atoms with Gasteiger partial charge in [0.15, 0.2) is 0 Å². The number of hydrogen-bond acceptors (Lipinski definition) is 4. The summed E-state index contributed by atoms with van der Waals surface area (Å²) in [6, 6.07) is 0.0992. The number of aromatic nitrogens is 3. The Bertz CT molecular complexity index is 233. The third-order valence-corrected chi connectivity index (χ3v) is 1.35. The first-order valence-electron chi connectivity index (χ1n) is 3.86. The molecule has 0 saturated carbocycles. The van der Waals surface area contributed by atoms with E-state index in [9.17, 15) is 0 Å². The minimum atomic E-state index is 0.0992. The van der Waals surface area contributed by atoms with E-state index >= 15 is 0 Å². The summed E-state index contributed by atoms with van der Waals surface area (Å²) >= 11 is 0. The minimum Gasteiger partial charge on any atom is -0.378 e. The molecule has 0 unspecified atom stereocenters. The number of methoxy groups -OCH3 is 1. The van der Waals surface area contributed by atoms with Crippen molar-refractivity contribution in [2.75, 3.05) is 7.11 Å². The highest BCUT2D eigenvalue weighted by atomic mass is 16.5. The third-order valence-electron chi connectivity index (χ3n) is 1.35. The summed E-state index contributed by atoms with van der Waals surface area (Å²) in [5.74, 6) is 0. The van der Waals surface area contributed by atoms with Crippen molar-refractivity contribution in [3.63, 3.8) is 0 Å². The van der Waals surface area contributed by atoms with E-state index in [-0.39, 0.29) is 6.04 Å². The van der Waals surface area contributed by atoms with E-state index in [4.69, 9.17) is 10.5 Å². The Morgan fingerprint density at radius 3 is 3.08 bits per heavy atom. The maximum atomic E-state index is 5.59. The van der Waals surface area contributed by atoms with E-state index in [1.54, 1.807) is 11.8 Å². The third kappa shape index (κ3) is 2.60. The lowest BCUT2D eigenvalue weighted by molar-refractivity contribution is 0.181. The standard InChI is InChI=1S/C7H14N4O/c1-6(8)3-11-4-7(5-12-2)9-10-11/h4,6H,3,5,8H2,1-2H3/t6-/m1/s1. The van der Waals surface area contributed by atoms with E-state index < -0.39 is 0 Å². The highest BCUT2D eigenvalue weighted by molar-refractivity contribution is 4.89. The van der Waals surface area contributed by atoms with Crippen LogP contribution in [-0.4, -0.2) is 28.1 Å². The lowest BCUT2D eigenvalue weighted by atomic mass is 10.4. The van der Waals surface area contributed by atoms with Crippen molar-refractivity contribution < 1.29 is 4.74 Å². The predicted octanol–water partition coefficient (Wildman–Crippen LogP) is -0.228. The first-order chi connectivity index (χ1) is 5.72. The van der Waals surface area contributed by atoms with Crippen molar-refractivity contribution in [2.45, 2.75) is 26.1 Å². The summed E-state index contributed by atoms with van der Waals surface area (Å²) in [5, 5.41) is 7.77. The first kappa shape index (κ1) is 9.15. The molecule has 0 aliphatic carbocycles. The van der Waals surface area contributed by atoms with E-state index in [0.29, 0.717) is 13.2 Å². The van der Waals surface area contributed by atoms with Crippen LogP contribution >= 0.6 is 0 Å². The lowest BCUT2D eigenvalue weighted by Gasteiger charge is -2.02. The van der Waals surface area contributed by atoms with Crippen LogP contribution in [0, 0.1) is 0 Å². The maximum absolute atomic E-state index is 5.59. The van der Waals surface area contributed by atoms with Crippen molar-refractivity contribution >= 4 is 0 Å². The molecule has 5 nitrogen and oxygen atoms in total. The highest BCUT2D eigenvalue weighted by Gasteiger charge is 2.01. The molecule has 0 radical (unpaired) electrons. The fraction of sp³-hybridized carbons (Fsp3) is 0.714. The van der Waals surface area contributed by atoms with Gasteiger partial charge in [0.25, 0.3) is 0 Å². The number of rotatable bonds is 4. The summed E-state index contributed by atoms with van der Waals surface area (Å²) in [5.41, 5.74) is 6.42. The Labute approximate surface area is 71.5 Å². The van der Waals surface area contributed by atoms with Crippen LogP contribution in [0.3, 0.4) is 0 Å². The summed E-state index contributed by atoms with van der Waals surface area (Å²) in [6.45, 7) is 3.12. The van der Waals surface area contributed by atoms with Gasteiger partial charge in [-0.1, -0.05) is 5.21 Å². The fourth-order valence-corrected chi connectivity index (χ4v) is 0.937. The largest absolute Gasteiger partial charge is 0.378 e. The molecule has 0 fully saturated rings. The van der Waals surface area contributed by atoms with Gasteiger partial charge in [0.2, 0.25) is 0 Å². The molecule has 1 atom stereocenters. The molecule has 68 valence electrons. The number of hydrogen-bond donors (Lipinski definition) is 1. The quantitative estimate of drug-likeness (QED) is 0.678. The Hall–Kier alpha value is -0.940. The maximum Gasteiger partial charge on any atom is 0.108 e. The molecule has 0 saturated heterocycles. The zero-order valence-corrected chi connectivity index (χ0v) is 7.40. The van der Waals surface area contributed by atoms with E-state index in [0.717, 1.165) is 5.69 Å². The van der Waals surface area contributed by atoms with Crippen LogP contribution in [-0.2, 0) is 17.9 Å². The fourth-order valence-electron chi connectivity index (χ4n) is 0.937. The normalized spacial score (nSPS) is 13.2. The van der Waals surface area contributed by atoms with Gasteiger partial charge in [-0.15, -0.1) is 5.10 Å². The van der Waals surface area contributed by atoms with Crippen LogP contribution < -0.4 is 5.73 Å². The molecule has 5 heteroatoms. The molecule has 0 aromatic carbocycles. The van der Waals surface area contributed by atoms with Crippen molar-refractivity contribution in [2.24, 2.45) is 5.73 Å². The van der Waals surface area contributed by atoms with Crippen molar-refractivity contribution in [3.8, 4) is 0 Å². The predicted molar refractivity (Wildman–Crippen MR) is 44.4 cm³/mol. The highest BCUT2D eigenvalue weighted by Crippen LogP contribution is 1.95. The number of nitrogens with two attached hydrogens (primary N) is 1. The summed E-state index contributed by atoms with van der Waals surface area (Å²) in [4.78, 5) is 0. The van der Waals surface area contributed by atoms with Gasteiger partial charge in [0, 0.05) is 13.2 Å². The van der Waals surface area contributed by atoms with Gasteiger partial charge >= 0.3 is 0 Å². The second-order valence-corrected chi connectivity index (χ2v) is 2.84. The Kier molecular flexibility index (Phi) is 3.19. The SMILES string of the molecule is COCc1cn(C[C@@H](C)N)nn1. The van der Waals surface area contributed by atoms with Crippen LogP contribution in [0.5, 0.6) is 0 Å². The Balaban J connectivity index is 2.52. The van der Waals surface area contributed by atoms with Gasteiger partial charge in [-0.25, -0.2) is 0 Å². The average molecular weight is 170 g/mol. The molecule has 0 amide bonds. The number of ether oxygens (including phenoxy) is 1. The van der Waals surface area contributed by atoms with Crippen molar-refractivity contribution in [1.82, 2.24) is 15.0 Å². The minimum absolute atomic E-state index is 0.0992. The summed E-state index contributed by atoms with van der Waals surface area (Å²) in [6.07, 6.45) is 1.84. The van der Waals surface area contributed by atoms with Crippen molar-refractivity contribution in [1.29, 1.82) is 0 Å². The molecule has 0 aliphatic heterocycles. The second kappa shape index (κ2) is 4.18. The molecule has 0 bridgehead atoms. The van der Waals surface area contributed by atoms with Crippen LogP contribution in [0.15, 0.2) is 6.20 Å². The first-order valence-corrected chi connectivity index (χ1v) is 3.86. The van der Waals surface area contributed by atoms with Gasteiger partial charge in [0.05, 0.1) is 19.3 Å². The molecule has 1 aromatic heterocycles. The topological polar surface area (TPSA) is 66.0 Å². The van der Waals surface area contributed by atoms with Crippen LogP contribution in [0.2, 0.25) is 0 Å². The molecular weight excluding hydrogens is 156 g/mol. The molecule has 1 heterocycles. The molecule has 0 spiro atoms. The summed E-state index contributed by atoms with van der Waals surface area (Å²) in [7, 11) is 1.63. The lowest BCUT2D eigenvalue weighted by Crippen LogP contribution is -2.22. The zero-order chi connectivity index (χ0) is 8.97. The molecule has 0 aliphatic rings. The Morgan fingerprint density at radius 2 is 2.50 bits per heavy atom. The van der Waals surface area contributed by atoms with Crippen LogP contribution in [0.1, 0.15) is 12.6 Å². The Morgan fingerprint density at radius 1 is 1.75 bits per heavy atom. The molecule has 1 aromatic rings. The monoisotopic (exact) mass is 170 g/mol.